The number of furan rings is 1. The molecular weight excluding hydrogens is 224 g/mol. The summed E-state index contributed by atoms with van der Waals surface area (Å²) in [7, 11) is 0. The van der Waals surface area contributed by atoms with Crippen LogP contribution in [-0.2, 0) is 19.9 Å². The zero-order valence-corrected chi connectivity index (χ0v) is 9.73. The van der Waals surface area contributed by atoms with Crippen LogP contribution in [0.1, 0.15) is 19.6 Å². The van der Waals surface area contributed by atoms with Gasteiger partial charge in [0.1, 0.15) is 0 Å². The third-order valence-electron chi connectivity index (χ3n) is 2.52. The summed E-state index contributed by atoms with van der Waals surface area (Å²) in [5.41, 5.74) is -1.83. The fraction of sp³-hybridized carbons (Fsp3) is 0.417. The van der Waals surface area contributed by atoms with Crippen LogP contribution >= 0.6 is 0 Å². The summed E-state index contributed by atoms with van der Waals surface area (Å²) in [6.07, 6.45) is 1.39. The van der Waals surface area contributed by atoms with Crippen molar-refractivity contribution in [3.05, 3.63) is 35.7 Å². The van der Waals surface area contributed by atoms with Gasteiger partial charge < -0.3 is 19.0 Å². The number of hydrogen-bond acceptors (Lipinski definition) is 5. The molecule has 0 fully saturated rings. The Kier molecular flexibility index (Phi) is 2.93. The lowest BCUT2D eigenvalue weighted by Crippen LogP contribution is -2.49. The molecule has 0 bridgehead atoms. The van der Waals surface area contributed by atoms with Gasteiger partial charge in [0, 0.05) is 0 Å². The molecule has 1 aliphatic rings. The second-order valence-corrected chi connectivity index (χ2v) is 3.54. The standard InChI is InChI=1S/C12H14O5/c1-3-15-9-10(13)12(14,11(9)16-4-2)8-6-5-7-17-8/h5-7,14H,3-4H2,1-2H3. The van der Waals surface area contributed by atoms with Crippen molar-refractivity contribution in [3.8, 4) is 0 Å². The van der Waals surface area contributed by atoms with Crippen LogP contribution in [0.3, 0.4) is 0 Å². The average molecular weight is 238 g/mol. The van der Waals surface area contributed by atoms with Crippen molar-refractivity contribution in [1.82, 2.24) is 0 Å². The predicted octanol–water partition coefficient (Wildman–Crippen LogP) is 1.33. The summed E-state index contributed by atoms with van der Waals surface area (Å²) in [5, 5.41) is 10.3. The Morgan fingerprint density at radius 2 is 2.06 bits per heavy atom. The molecule has 17 heavy (non-hydrogen) atoms. The fourth-order valence-corrected chi connectivity index (χ4v) is 1.77. The minimum Gasteiger partial charge on any atom is -0.490 e. The van der Waals surface area contributed by atoms with E-state index in [1.165, 1.54) is 12.3 Å². The van der Waals surface area contributed by atoms with E-state index in [9.17, 15) is 9.90 Å². The maximum absolute atomic E-state index is 11.9. The lowest BCUT2D eigenvalue weighted by Gasteiger charge is -2.36. The predicted molar refractivity (Wildman–Crippen MR) is 57.9 cm³/mol. The van der Waals surface area contributed by atoms with Crippen molar-refractivity contribution in [2.75, 3.05) is 13.2 Å². The van der Waals surface area contributed by atoms with Gasteiger partial charge in [-0.3, -0.25) is 4.79 Å². The smallest absolute Gasteiger partial charge is 0.250 e. The number of Topliss-reactive ketones (excluding diaryl/α,β-unsaturated/α-hetero) is 1. The molecule has 1 atom stereocenters. The van der Waals surface area contributed by atoms with Crippen LogP contribution in [0.4, 0.5) is 0 Å². The molecule has 92 valence electrons. The van der Waals surface area contributed by atoms with Crippen LogP contribution in [0, 0.1) is 0 Å². The van der Waals surface area contributed by atoms with Gasteiger partial charge >= 0.3 is 0 Å². The molecule has 5 nitrogen and oxygen atoms in total. The lowest BCUT2D eigenvalue weighted by molar-refractivity contribution is -0.150. The summed E-state index contributed by atoms with van der Waals surface area (Å²) in [5.74, 6) is -0.179. The third-order valence-corrected chi connectivity index (χ3v) is 2.52. The Labute approximate surface area is 98.6 Å². The van der Waals surface area contributed by atoms with Crippen LogP contribution in [0.25, 0.3) is 0 Å². The van der Waals surface area contributed by atoms with E-state index in [0.717, 1.165) is 0 Å². The van der Waals surface area contributed by atoms with Crippen molar-refractivity contribution < 1.29 is 23.8 Å². The minimum absolute atomic E-state index is 0.0771. The number of hydrogen-bond donors (Lipinski definition) is 1. The number of aliphatic hydroxyl groups is 1. The van der Waals surface area contributed by atoms with Crippen molar-refractivity contribution in [2.24, 2.45) is 0 Å². The van der Waals surface area contributed by atoms with E-state index in [1.54, 1.807) is 19.9 Å². The van der Waals surface area contributed by atoms with Crippen molar-refractivity contribution in [2.45, 2.75) is 19.4 Å². The van der Waals surface area contributed by atoms with E-state index in [4.69, 9.17) is 13.9 Å². The van der Waals surface area contributed by atoms with Gasteiger partial charge in [0.25, 0.3) is 5.60 Å². The molecule has 0 aliphatic heterocycles. The first-order valence-corrected chi connectivity index (χ1v) is 5.47. The number of ketones is 1. The highest BCUT2D eigenvalue weighted by molar-refractivity contribution is 6.10. The van der Waals surface area contributed by atoms with Gasteiger partial charge in [-0.2, -0.15) is 0 Å². The van der Waals surface area contributed by atoms with Gasteiger partial charge in [-0.25, -0.2) is 0 Å². The SMILES string of the molecule is CCOC1=C(OCC)C(O)(c2ccco2)C1=O. The van der Waals surface area contributed by atoms with Crippen molar-refractivity contribution in [3.63, 3.8) is 0 Å². The van der Waals surface area contributed by atoms with Crippen LogP contribution in [0.2, 0.25) is 0 Å². The maximum Gasteiger partial charge on any atom is 0.250 e. The lowest BCUT2D eigenvalue weighted by atomic mass is 9.81. The van der Waals surface area contributed by atoms with E-state index >= 15 is 0 Å². The molecule has 1 aliphatic carbocycles. The maximum atomic E-state index is 11.9. The van der Waals surface area contributed by atoms with Crippen LogP contribution in [-0.4, -0.2) is 24.1 Å². The zero-order valence-electron chi connectivity index (χ0n) is 9.73. The molecule has 2 rings (SSSR count). The molecule has 1 unspecified atom stereocenters. The van der Waals surface area contributed by atoms with Crippen LogP contribution in [0.5, 0.6) is 0 Å². The Balaban J connectivity index is 2.40. The van der Waals surface area contributed by atoms with E-state index in [0.29, 0.717) is 13.2 Å². The largest absolute Gasteiger partial charge is 0.490 e. The molecule has 1 aromatic heterocycles. The summed E-state index contributed by atoms with van der Waals surface area (Å²) >= 11 is 0. The molecule has 0 aromatic carbocycles. The van der Waals surface area contributed by atoms with Gasteiger partial charge in [-0.1, -0.05) is 0 Å². The first kappa shape index (κ1) is 11.7. The summed E-state index contributed by atoms with van der Waals surface area (Å²) in [6, 6.07) is 3.13. The minimum atomic E-state index is -1.83. The Morgan fingerprint density at radius 1 is 1.35 bits per heavy atom. The van der Waals surface area contributed by atoms with Crippen LogP contribution < -0.4 is 0 Å². The highest BCUT2D eigenvalue weighted by Crippen LogP contribution is 2.44. The van der Waals surface area contributed by atoms with Gasteiger partial charge in [0.05, 0.1) is 19.5 Å². The normalized spacial score (nSPS) is 23.6. The number of carbonyl (C=O) groups excluding carboxylic acids is 1. The molecular formula is C12H14O5. The average Bonchev–Trinajstić information content (AvgIpc) is 2.86. The summed E-state index contributed by atoms with van der Waals surface area (Å²) in [6.45, 7) is 4.20. The molecule has 0 spiro atoms. The van der Waals surface area contributed by atoms with Gasteiger partial charge in [0.2, 0.25) is 11.5 Å². The van der Waals surface area contributed by atoms with Gasteiger partial charge in [0.15, 0.2) is 11.5 Å². The molecule has 0 saturated carbocycles. The Morgan fingerprint density at radius 3 is 2.59 bits per heavy atom. The fourth-order valence-electron chi connectivity index (χ4n) is 1.77. The monoisotopic (exact) mass is 238 g/mol. The molecule has 1 N–H and O–H groups in total. The second-order valence-electron chi connectivity index (χ2n) is 3.54. The molecule has 5 heteroatoms. The highest BCUT2D eigenvalue weighted by atomic mass is 16.5. The first-order chi connectivity index (χ1) is 8.16. The molecule has 1 aromatic rings. The van der Waals surface area contributed by atoms with Crippen molar-refractivity contribution >= 4 is 5.78 Å². The Hall–Kier alpha value is -1.75. The van der Waals surface area contributed by atoms with E-state index in [2.05, 4.69) is 0 Å². The van der Waals surface area contributed by atoms with E-state index in [1.807, 2.05) is 0 Å². The molecule has 0 saturated heterocycles. The second kappa shape index (κ2) is 4.25. The zero-order chi connectivity index (χ0) is 12.5. The quantitative estimate of drug-likeness (QED) is 0.838. The molecule has 1 heterocycles. The van der Waals surface area contributed by atoms with Crippen LogP contribution in [0.15, 0.2) is 34.3 Å². The number of carbonyl (C=O) groups is 1. The first-order valence-electron chi connectivity index (χ1n) is 5.47. The van der Waals surface area contributed by atoms with E-state index < -0.39 is 11.4 Å². The van der Waals surface area contributed by atoms with Crippen molar-refractivity contribution in [1.29, 1.82) is 0 Å². The van der Waals surface area contributed by atoms with E-state index in [-0.39, 0.29) is 17.3 Å². The highest BCUT2D eigenvalue weighted by Gasteiger charge is 2.59. The number of rotatable bonds is 5. The summed E-state index contributed by atoms with van der Waals surface area (Å²) in [4.78, 5) is 11.9. The van der Waals surface area contributed by atoms with Gasteiger partial charge in [-0.15, -0.1) is 0 Å². The van der Waals surface area contributed by atoms with Gasteiger partial charge in [-0.05, 0) is 26.0 Å². The topological polar surface area (TPSA) is 68.9 Å². The molecule has 0 amide bonds. The third kappa shape index (κ3) is 1.54. The number of ether oxygens (including phenoxy) is 2. The summed E-state index contributed by atoms with van der Waals surface area (Å²) < 4.78 is 15.5. The molecule has 0 radical (unpaired) electrons. The Bertz CT molecular complexity index is 445.